The van der Waals surface area contributed by atoms with Gasteiger partial charge >= 0.3 is 5.97 Å². The molecule has 110 valence electrons. The van der Waals surface area contributed by atoms with Gasteiger partial charge in [-0.15, -0.1) is 0 Å². The van der Waals surface area contributed by atoms with Crippen LogP contribution in [0, 0.1) is 0 Å². The van der Waals surface area contributed by atoms with E-state index in [9.17, 15) is 13.2 Å². The number of nitrogens with one attached hydrogen (secondary N) is 1. The molecule has 21 heavy (non-hydrogen) atoms. The highest BCUT2D eigenvalue weighted by Gasteiger charge is 2.16. The summed E-state index contributed by atoms with van der Waals surface area (Å²) in [4.78, 5) is 14.4. The zero-order chi connectivity index (χ0) is 15.6. The molecule has 1 aromatic carbocycles. The van der Waals surface area contributed by atoms with E-state index in [0.717, 1.165) is 6.20 Å². The van der Waals surface area contributed by atoms with Gasteiger partial charge in [-0.05, 0) is 30.3 Å². The lowest BCUT2D eigenvalue weighted by Crippen LogP contribution is -2.13. The van der Waals surface area contributed by atoms with Crippen molar-refractivity contribution in [1.82, 2.24) is 4.98 Å². The second-order valence-electron chi connectivity index (χ2n) is 3.92. The number of carbonyl (C=O) groups is 1. The molecule has 0 atom stereocenters. The van der Waals surface area contributed by atoms with Gasteiger partial charge in [0.2, 0.25) is 0 Å². The number of rotatable bonds is 4. The van der Waals surface area contributed by atoms with Crippen molar-refractivity contribution in [1.29, 1.82) is 0 Å². The molecular weight excluding hydrogens is 339 g/mol. The molecule has 0 fully saturated rings. The first-order valence-corrected chi connectivity index (χ1v) is 7.71. The summed E-state index contributed by atoms with van der Waals surface area (Å²) in [6, 6.07) is 6.37. The maximum absolute atomic E-state index is 12.1. The lowest BCUT2D eigenvalue weighted by atomic mass is 10.2. The summed E-state index contributed by atoms with van der Waals surface area (Å²) in [5.74, 6) is -1.20. The van der Waals surface area contributed by atoms with Gasteiger partial charge in [0.05, 0.1) is 16.3 Å². The second kappa shape index (κ2) is 5.88. The number of pyridine rings is 1. The Labute approximate surface area is 130 Å². The van der Waals surface area contributed by atoms with Crippen molar-refractivity contribution in [2.24, 2.45) is 0 Å². The third-order valence-corrected chi connectivity index (χ3v) is 4.37. The number of benzene rings is 1. The Morgan fingerprint density at radius 1 is 1.19 bits per heavy atom. The van der Waals surface area contributed by atoms with E-state index < -0.39 is 16.0 Å². The average Bonchev–Trinajstić information content (AvgIpc) is 2.38. The first kappa shape index (κ1) is 15.6. The number of aromatic carboxylic acids is 1. The molecule has 1 heterocycles. The summed E-state index contributed by atoms with van der Waals surface area (Å²) in [5.41, 5.74) is 0.0210. The van der Waals surface area contributed by atoms with Crippen molar-refractivity contribution in [3.63, 3.8) is 0 Å². The fourth-order valence-corrected chi connectivity index (χ4v) is 2.85. The number of sulfonamides is 1. The van der Waals surface area contributed by atoms with Crippen molar-refractivity contribution in [3.8, 4) is 0 Å². The predicted molar refractivity (Wildman–Crippen MR) is 78.5 cm³/mol. The monoisotopic (exact) mass is 346 g/mol. The molecule has 0 aliphatic heterocycles. The topological polar surface area (TPSA) is 96.4 Å². The molecule has 0 spiro atoms. The highest BCUT2D eigenvalue weighted by molar-refractivity contribution is 7.92. The molecule has 2 aromatic rings. The van der Waals surface area contributed by atoms with Crippen LogP contribution in [0.3, 0.4) is 0 Å². The van der Waals surface area contributed by atoms with Crippen molar-refractivity contribution >= 4 is 44.9 Å². The van der Waals surface area contributed by atoms with E-state index in [1.165, 1.54) is 30.3 Å². The quantitative estimate of drug-likeness (QED) is 0.829. The minimum absolute atomic E-state index is 0.0723. The minimum Gasteiger partial charge on any atom is -0.478 e. The molecule has 0 saturated heterocycles. The van der Waals surface area contributed by atoms with E-state index in [0.29, 0.717) is 0 Å². The van der Waals surface area contributed by atoms with Gasteiger partial charge in [-0.3, -0.25) is 4.72 Å². The summed E-state index contributed by atoms with van der Waals surface area (Å²) in [6.07, 6.45) is 1.11. The maximum Gasteiger partial charge on any atom is 0.337 e. The number of hydrogen-bond acceptors (Lipinski definition) is 4. The van der Waals surface area contributed by atoms with E-state index in [-0.39, 0.29) is 26.3 Å². The number of nitrogens with zero attached hydrogens (tertiary/aromatic N) is 1. The third-order valence-electron chi connectivity index (χ3n) is 2.46. The summed E-state index contributed by atoms with van der Waals surface area (Å²) < 4.78 is 26.5. The number of halogens is 2. The van der Waals surface area contributed by atoms with Crippen LogP contribution < -0.4 is 4.72 Å². The van der Waals surface area contributed by atoms with Crippen molar-refractivity contribution in [3.05, 3.63) is 52.3 Å². The van der Waals surface area contributed by atoms with Crippen LogP contribution in [0.2, 0.25) is 10.2 Å². The van der Waals surface area contributed by atoms with Crippen LogP contribution in [0.4, 0.5) is 5.69 Å². The third kappa shape index (κ3) is 3.63. The van der Waals surface area contributed by atoms with Crippen LogP contribution >= 0.6 is 23.2 Å². The largest absolute Gasteiger partial charge is 0.478 e. The van der Waals surface area contributed by atoms with Crippen LogP contribution in [0.15, 0.2) is 41.4 Å². The maximum atomic E-state index is 12.1. The summed E-state index contributed by atoms with van der Waals surface area (Å²) in [6.45, 7) is 0. The molecule has 0 radical (unpaired) electrons. The second-order valence-corrected chi connectivity index (χ2v) is 6.40. The summed E-state index contributed by atoms with van der Waals surface area (Å²) >= 11 is 11.4. The van der Waals surface area contributed by atoms with Crippen molar-refractivity contribution < 1.29 is 18.3 Å². The molecule has 0 aliphatic rings. The highest BCUT2D eigenvalue weighted by Crippen LogP contribution is 2.23. The molecule has 2 rings (SSSR count). The van der Waals surface area contributed by atoms with Gasteiger partial charge in [0.1, 0.15) is 10.0 Å². The first-order valence-electron chi connectivity index (χ1n) is 5.47. The molecule has 9 heteroatoms. The molecule has 0 amide bonds. The SMILES string of the molecule is O=C(O)c1ccc(NS(=O)(=O)c2ccc(Cl)nc2)cc1Cl. The van der Waals surface area contributed by atoms with Gasteiger partial charge in [0.25, 0.3) is 10.0 Å². The normalized spacial score (nSPS) is 11.1. The van der Waals surface area contributed by atoms with Crippen LogP contribution in [-0.2, 0) is 10.0 Å². The molecule has 0 bridgehead atoms. The van der Waals surface area contributed by atoms with E-state index in [1.54, 1.807) is 0 Å². The zero-order valence-electron chi connectivity index (χ0n) is 10.2. The molecule has 6 nitrogen and oxygen atoms in total. The molecule has 2 N–H and O–H groups in total. The highest BCUT2D eigenvalue weighted by atomic mass is 35.5. The van der Waals surface area contributed by atoms with Gasteiger partial charge in [-0.2, -0.15) is 0 Å². The smallest absolute Gasteiger partial charge is 0.337 e. The Morgan fingerprint density at radius 3 is 2.43 bits per heavy atom. The van der Waals surface area contributed by atoms with Crippen molar-refractivity contribution in [2.75, 3.05) is 4.72 Å². The first-order chi connectivity index (χ1) is 9.79. The summed E-state index contributed by atoms with van der Waals surface area (Å²) in [7, 11) is -3.86. The van der Waals surface area contributed by atoms with Crippen molar-refractivity contribution in [2.45, 2.75) is 4.90 Å². The Balaban J connectivity index is 2.31. The Kier molecular flexibility index (Phi) is 4.36. The van der Waals surface area contributed by atoms with E-state index in [1.807, 2.05) is 0 Å². The number of carboxylic acids is 1. The number of aromatic nitrogens is 1. The predicted octanol–water partition coefficient (Wildman–Crippen LogP) is 2.89. The Bertz CT molecular complexity index is 791. The standard InChI is InChI=1S/C12H8Cl2N2O4S/c13-10-5-7(1-3-9(10)12(17)18)16-21(19,20)8-2-4-11(14)15-6-8/h1-6,16H,(H,17,18). The summed E-state index contributed by atoms with van der Waals surface area (Å²) in [5, 5.41) is 8.95. The van der Waals surface area contributed by atoms with Gasteiger partial charge < -0.3 is 5.11 Å². The van der Waals surface area contributed by atoms with Crippen LogP contribution in [0.1, 0.15) is 10.4 Å². The van der Waals surface area contributed by atoms with Crippen LogP contribution in [0.25, 0.3) is 0 Å². The van der Waals surface area contributed by atoms with Gasteiger partial charge in [-0.25, -0.2) is 18.2 Å². The Hall–Kier alpha value is -1.83. The molecule has 1 aromatic heterocycles. The Morgan fingerprint density at radius 2 is 1.90 bits per heavy atom. The lowest BCUT2D eigenvalue weighted by molar-refractivity contribution is 0.0697. The number of hydrogen-bond donors (Lipinski definition) is 2. The minimum atomic E-state index is -3.86. The van der Waals surface area contributed by atoms with Crippen LogP contribution in [0.5, 0.6) is 0 Å². The average molecular weight is 347 g/mol. The fraction of sp³-hybridized carbons (Fsp3) is 0. The van der Waals surface area contributed by atoms with Gasteiger partial charge in [0, 0.05) is 6.20 Å². The molecule has 0 saturated carbocycles. The van der Waals surface area contributed by atoms with E-state index >= 15 is 0 Å². The molecule has 0 aliphatic carbocycles. The van der Waals surface area contributed by atoms with Gasteiger partial charge in [-0.1, -0.05) is 23.2 Å². The number of carboxylic acid groups (broad SMARTS) is 1. The lowest BCUT2D eigenvalue weighted by Gasteiger charge is -2.09. The number of anilines is 1. The van der Waals surface area contributed by atoms with Crippen LogP contribution in [-0.4, -0.2) is 24.5 Å². The van der Waals surface area contributed by atoms with E-state index in [2.05, 4.69) is 9.71 Å². The fourth-order valence-electron chi connectivity index (χ4n) is 1.49. The van der Waals surface area contributed by atoms with Gasteiger partial charge in [0.15, 0.2) is 0 Å². The zero-order valence-corrected chi connectivity index (χ0v) is 12.6. The molecular formula is C12H8Cl2N2O4S. The van der Waals surface area contributed by atoms with E-state index in [4.69, 9.17) is 28.3 Å². The molecule has 0 unspecified atom stereocenters.